The molecule has 0 spiro atoms. The zero-order valence-electron chi connectivity index (χ0n) is 14.3. The van der Waals surface area contributed by atoms with Crippen molar-refractivity contribution in [1.82, 2.24) is 0 Å². The minimum absolute atomic E-state index is 0. The minimum atomic E-state index is -0.426. The van der Waals surface area contributed by atoms with Crippen LogP contribution in [-0.2, 0) is 11.2 Å². The highest BCUT2D eigenvalue weighted by molar-refractivity contribution is 6.07. The monoisotopic (exact) mass is 375 g/mol. The quantitative estimate of drug-likeness (QED) is 0.723. The van der Waals surface area contributed by atoms with Crippen LogP contribution in [0.25, 0.3) is 0 Å². The Hall–Kier alpha value is -2.73. The Labute approximate surface area is 158 Å². The smallest absolute Gasteiger partial charge is 0.256 e. The third kappa shape index (κ3) is 4.67. The predicted molar refractivity (Wildman–Crippen MR) is 104 cm³/mol. The molecule has 0 atom stereocenters. The van der Waals surface area contributed by atoms with Crippen LogP contribution in [0.3, 0.4) is 0 Å². The zero-order valence-corrected chi connectivity index (χ0v) is 15.1. The van der Waals surface area contributed by atoms with Gasteiger partial charge in [-0.2, -0.15) is 0 Å². The van der Waals surface area contributed by atoms with E-state index in [0.29, 0.717) is 17.0 Å². The van der Waals surface area contributed by atoms with E-state index < -0.39 is 5.91 Å². The van der Waals surface area contributed by atoms with E-state index in [4.69, 9.17) is 10.5 Å². The SMILES string of the molecule is Cl.NC(=O)CCOc1ccccc1NC(=O)c1cccc2c1CCCN2. The van der Waals surface area contributed by atoms with Crippen LogP contribution in [0.4, 0.5) is 11.4 Å². The molecule has 6 nitrogen and oxygen atoms in total. The lowest BCUT2D eigenvalue weighted by molar-refractivity contribution is -0.118. The van der Waals surface area contributed by atoms with Gasteiger partial charge in [0.2, 0.25) is 5.91 Å². The van der Waals surface area contributed by atoms with Crippen molar-refractivity contribution in [3.8, 4) is 5.75 Å². The highest BCUT2D eigenvalue weighted by atomic mass is 35.5. The van der Waals surface area contributed by atoms with Crippen LogP contribution in [0, 0.1) is 0 Å². The number of rotatable bonds is 6. The fourth-order valence-electron chi connectivity index (χ4n) is 2.87. The highest BCUT2D eigenvalue weighted by Crippen LogP contribution is 2.28. The van der Waals surface area contributed by atoms with Crippen molar-refractivity contribution < 1.29 is 14.3 Å². The molecule has 4 N–H and O–H groups in total. The standard InChI is InChI=1S/C19H21N3O3.ClH/c20-18(23)10-12-25-17-9-2-1-7-16(17)22-19(24)14-5-3-8-15-13(14)6-4-11-21-15;/h1-3,5,7-9,21H,4,6,10-12H2,(H2,20,23)(H,22,24);1H. The zero-order chi connectivity index (χ0) is 17.6. The normalized spacial score (nSPS) is 12.2. The second-order valence-electron chi connectivity index (χ2n) is 5.88. The maximum Gasteiger partial charge on any atom is 0.256 e. The van der Waals surface area contributed by atoms with Gasteiger partial charge >= 0.3 is 0 Å². The highest BCUT2D eigenvalue weighted by Gasteiger charge is 2.18. The first-order valence-corrected chi connectivity index (χ1v) is 8.32. The molecule has 138 valence electrons. The van der Waals surface area contributed by atoms with Crippen LogP contribution in [0.1, 0.15) is 28.8 Å². The van der Waals surface area contributed by atoms with Crippen LogP contribution < -0.4 is 21.1 Å². The number of anilines is 2. The molecule has 0 saturated carbocycles. The van der Waals surface area contributed by atoms with Gasteiger partial charge in [0.15, 0.2) is 0 Å². The number of carbonyl (C=O) groups is 2. The molecule has 2 aromatic carbocycles. The fourth-order valence-corrected chi connectivity index (χ4v) is 2.87. The molecular formula is C19H22ClN3O3. The van der Waals surface area contributed by atoms with Gasteiger partial charge in [-0.25, -0.2) is 0 Å². The Bertz CT molecular complexity index is 795. The molecule has 0 saturated heterocycles. The summed E-state index contributed by atoms with van der Waals surface area (Å²) in [4.78, 5) is 23.6. The van der Waals surface area contributed by atoms with Crippen molar-refractivity contribution in [1.29, 1.82) is 0 Å². The molecule has 26 heavy (non-hydrogen) atoms. The number of nitrogens with one attached hydrogen (secondary N) is 2. The second-order valence-corrected chi connectivity index (χ2v) is 5.88. The number of fused-ring (bicyclic) bond motifs is 1. The van der Waals surface area contributed by atoms with Gasteiger partial charge in [-0.15, -0.1) is 12.4 Å². The average Bonchev–Trinajstić information content (AvgIpc) is 2.62. The fraction of sp³-hybridized carbons (Fsp3) is 0.263. The van der Waals surface area contributed by atoms with Gasteiger partial charge in [-0.3, -0.25) is 9.59 Å². The predicted octanol–water partition coefficient (Wildman–Crippen LogP) is 2.97. The summed E-state index contributed by atoms with van der Waals surface area (Å²) in [5.41, 5.74) is 8.41. The minimum Gasteiger partial charge on any atom is -0.491 e. The van der Waals surface area contributed by atoms with E-state index in [1.165, 1.54) is 0 Å². The molecule has 7 heteroatoms. The van der Waals surface area contributed by atoms with Crippen LogP contribution in [0.5, 0.6) is 5.75 Å². The molecule has 2 amide bonds. The van der Waals surface area contributed by atoms with E-state index in [1.807, 2.05) is 30.3 Å². The molecule has 0 aromatic heterocycles. The lowest BCUT2D eigenvalue weighted by Crippen LogP contribution is -2.20. The van der Waals surface area contributed by atoms with Crippen LogP contribution in [0.15, 0.2) is 42.5 Å². The number of hydrogen-bond donors (Lipinski definition) is 3. The molecule has 0 aliphatic carbocycles. The van der Waals surface area contributed by atoms with Gasteiger partial charge in [0, 0.05) is 17.8 Å². The van der Waals surface area contributed by atoms with Gasteiger partial charge in [-0.1, -0.05) is 18.2 Å². The molecular weight excluding hydrogens is 354 g/mol. The largest absolute Gasteiger partial charge is 0.491 e. The van der Waals surface area contributed by atoms with Crippen molar-refractivity contribution in [2.45, 2.75) is 19.3 Å². The van der Waals surface area contributed by atoms with Gasteiger partial charge in [0.05, 0.1) is 18.7 Å². The Balaban J connectivity index is 0.00000243. The number of benzene rings is 2. The molecule has 1 aliphatic rings. The third-order valence-corrected chi connectivity index (χ3v) is 4.08. The van der Waals surface area contributed by atoms with Crippen LogP contribution in [-0.4, -0.2) is 25.0 Å². The summed E-state index contributed by atoms with van der Waals surface area (Å²) in [6.07, 6.45) is 2.01. The average molecular weight is 376 g/mol. The number of ether oxygens (including phenoxy) is 1. The molecule has 3 rings (SSSR count). The number of primary amides is 1. The van der Waals surface area contributed by atoms with Crippen molar-refractivity contribution in [2.24, 2.45) is 5.73 Å². The lowest BCUT2D eigenvalue weighted by Gasteiger charge is -2.21. The Morgan fingerprint density at radius 3 is 2.77 bits per heavy atom. The molecule has 0 radical (unpaired) electrons. The number of para-hydroxylation sites is 2. The Kier molecular flexibility index (Phi) is 6.86. The van der Waals surface area contributed by atoms with Crippen molar-refractivity contribution in [3.63, 3.8) is 0 Å². The molecule has 0 bridgehead atoms. The van der Waals surface area contributed by atoms with E-state index in [2.05, 4.69) is 10.6 Å². The maximum absolute atomic E-state index is 12.8. The second kappa shape index (κ2) is 9.10. The van der Waals surface area contributed by atoms with Gasteiger partial charge in [0.25, 0.3) is 5.91 Å². The lowest BCUT2D eigenvalue weighted by atomic mass is 9.97. The number of nitrogens with two attached hydrogens (primary N) is 1. The number of halogens is 1. The first kappa shape index (κ1) is 19.6. The molecule has 2 aromatic rings. The third-order valence-electron chi connectivity index (χ3n) is 4.08. The number of amides is 2. The van der Waals surface area contributed by atoms with Gasteiger partial charge in [-0.05, 0) is 42.7 Å². The van der Waals surface area contributed by atoms with E-state index in [9.17, 15) is 9.59 Å². The summed E-state index contributed by atoms with van der Waals surface area (Å²) in [5, 5.41) is 6.23. The van der Waals surface area contributed by atoms with Gasteiger partial charge in [0.1, 0.15) is 5.75 Å². The van der Waals surface area contributed by atoms with Crippen LogP contribution in [0.2, 0.25) is 0 Å². The van der Waals surface area contributed by atoms with Crippen molar-refractivity contribution in [2.75, 3.05) is 23.8 Å². The number of carbonyl (C=O) groups excluding carboxylic acids is 2. The van der Waals surface area contributed by atoms with Crippen molar-refractivity contribution in [3.05, 3.63) is 53.6 Å². The topological polar surface area (TPSA) is 93.5 Å². The summed E-state index contributed by atoms with van der Waals surface area (Å²) in [5.74, 6) is -0.0866. The number of hydrogen-bond acceptors (Lipinski definition) is 4. The summed E-state index contributed by atoms with van der Waals surface area (Å²) in [6.45, 7) is 1.10. The molecule has 1 aliphatic heterocycles. The first-order chi connectivity index (χ1) is 12.1. The van der Waals surface area contributed by atoms with Gasteiger partial charge < -0.3 is 21.1 Å². The Morgan fingerprint density at radius 2 is 1.96 bits per heavy atom. The summed E-state index contributed by atoms with van der Waals surface area (Å²) < 4.78 is 5.57. The first-order valence-electron chi connectivity index (χ1n) is 8.32. The van der Waals surface area contributed by atoms with E-state index in [1.54, 1.807) is 12.1 Å². The summed E-state index contributed by atoms with van der Waals surface area (Å²) in [7, 11) is 0. The maximum atomic E-state index is 12.8. The molecule has 0 unspecified atom stereocenters. The summed E-state index contributed by atoms with van der Waals surface area (Å²) >= 11 is 0. The molecule has 0 fully saturated rings. The van der Waals surface area contributed by atoms with E-state index in [-0.39, 0.29) is 31.3 Å². The Morgan fingerprint density at radius 1 is 1.15 bits per heavy atom. The summed E-state index contributed by atoms with van der Waals surface area (Å²) in [6, 6.07) is 12.8. The van der Waals surface area contributed by atoms with Crippen LogP contribution >= 0.6 is 12.4 Å². The van der Waals surface area contributed by atoms with E-state index in [0.717, 1.165) is 30.6 Å². The van der Waals surface area contributed by atoms with Crippen molar-refractivity contribution >= 4 is 35.6 Å². The molecule has 1 heterocycles. The van der Waals surface area contributed by atoms with E-state index >= 15 is 0 Å².